The van der Waals surface area contributed by atoms with Crippen LogP contribution < -0.4 is 10.3 Å². The number of carboxylic acid groups (broad SMARTS) is 1. The molecule has 4 aromatic rings. The third-order valence-electron chi connectivity index (χ3n) is 11.2. The monoisotopic (exact) mass is 806 g/mol. The zero-order valence-corrected chi connectivity index (χ0v) is 30.0. The van der Waals surface area contributed by atoms with Crippen molar-refractivity contribution in [1.29, 1.82) is 0 Å². The van der Waals surface area contributed by atoms with E-state index in [1.165, 1.54) is 30.3 Å². The van der Waals surface area contributed by atoms with Crippen molar-refractivity contribution in [3.05, 3.63) is 123 Å². The molecule has 3 fully saturated rings. The molecule has 6 atom stereocenters. The first kappa shape index (κ1) is 37.0. The van der Waals surface area contributed by atoms with Gasteiger partial charge in [-0.2, -0.15) is 18.2 Å². The number of halogens is 5. The lowest BCUT2D eigenvalue weighted by Crippen LogP contribution is -2.53. The normalized spacial score (nSPS) is 25.8. The van der Waals surface area contributed by atoms with Gasteiger partial charge in [-0.15, -0.1) is 0 Å². The first-order chi connectivity index (χ1) is 26.5. The molecule has 286 valence electrons. The minimum absolute atomic E-state index is 0.0304. The fraction of sp³-hybridized carbons (Fsp3) is 0.231. The number of aromatic nitrogens is 1. The molecule has 1 aromatic heterocycles. The first-order valence-electron chi connectivity index (χ1n) is 17.1. The Labute approximate surface area is 324 Å². The van der Waals surface area contributed by atoms with Crippen LogP contribution in [-0.4, -0.2) is 54.9 Å². The highest BCUT2D eigenvalue weighted by Crippen LogP contribution is 2.64. The average molecular weight is 808 g/mol. The average Bonchev–Trinajstić information content (AvgIpc) is 3.52. The molecule has 3 aromatic carbocycles. The van der Waals surface area contributed by atoms with Crippen LogP contribution in [0.15, 0.2) is 90.6 Å². The van der Waals surface area contributed by atoms with Crippen molar-refractivity contribution in [3.63, 3.8) is 0 Å². The Bertz CT molecular complexity index is 2430. The van der Waals surface area contributed by atoms with Gasteiger partial charge in [-0.05, 0) is 72.4 Å². The van der Waals surface area contributed by atoms with Crippen LogP contribution in [0.4, 0.5) is 24.7 Å². The van der Waals surface area contributed by atoms with Crippen molar-refractivity contribution in [3.8, 4) is 11.5 Å². The number of aromatic hydroxyl groups is 2. The second-order valence-corrected chi connectivity index (χ2v) is 14.9. The molecule has 4 amide bonds. The van der Waals surface area contributed by atoms with Crippen LogP contribution in [0.2, 0.25) is 10.0 Å². The molecule has 0 radical (unpaired) electrons. The Kier molecular flexibility index (Phi) is 8.65. The number of alkyl halides is 3. The third kappa shape index (κ3) is 5.51. The highest BCUT2D eigenvalue weighted by atomic mass is 35.5. The number of fused-ring (bicyclic) bond motifs is 4. The third-order valence-corrected chi connectivity index (χ3v) is 11.8. The van der Waals surface area contributed by atoms with Crippen molar-refractivity contribution < 1.29 is 52.5 Å². The van der Waals surface area contributed by atoms with E-state index in [9.17, 15) is 47.7 Å². The summed E-state index contributed by atoms with van der Waals surface area (Å²) in [5.74, 6) is -10.8. The molecule has 4 aliphatic rings. The number of hydrazine groups is 1. The molecule has 3 heterocycles. The summed E-state index contributed by atoms with van der Waals surface area (Å²) >= 11 is 12.5. The number of rotatable bonds is 6. The second-order valence-electron chi connectivity index (χ2n) is 14.0. The molecule has 0 bridgehead atoms. The smallest absolute Gasteiger partial charge is 0.417 e. The largest absolute Gasteiger partial charge is 0.508 e. The van der Waals surface area contributed by atoms with Crippen molar-refractivity contribution in [2.75, 3.05) is 10.3 Å². The van der Waals surface area contributed by atoms with Gasteiger partial charge in [0.2, 0.25) is 11.8 Å². The minimum Gasteiger partial charge on any atom is -0.508 e. The van der Waals surface area contributed by atoms with Crippen molar-refractivity contribution in [1.82, 2.24) is 9.99 Å². The quantitative estimate of drug-likeness (QED) is 0.121. The van der Waals surface area contributed by atoms with Crippen molar-refractivity contribution >= 4 is 64.3 Å². The maximum atomic E-state index is 15.2. The van der Waals surface area contributed by atoms with Crippen LogP contribution in [0, 0.1) is 23.7 Å². The van der Waals surface area contributed by atoms with Gasteiger partial charge < -0.3 is 15.3 Å². The van der Waals surface area contributed by atoms with Gasteiger partial charge in [0.25, 0.3) is 11.8 Å². The minimum atomic E-state index is -4.78. The van der Waals surface area contributed by atoms with Crippen LogP contribution in [0.3, 0.4) is 0 Å². The predicted molar refractivity (Wildman–Crippen MR) is 193 cm³/mol. The van der Waals surface area contributed by atoms with Crippen LogP contribution >= 0.6 is 23.2 Å². The summed E-state index contributed by atoms with van der Waals surface area (Å²) in [5.41, 5.74) is 0.342. The summed E-state index contributed by atoms with van der Waals surface area (Å²) in [5, 5.41) is 31.0. The second kappa shape index (κ2) is 13.1. The number of carboxylic acids is 1. The standard InChI is InChI=1S/C39H27Cl2F3N4O8/c40-20-6-4-18(5-7-20)38-27(34(52)48(37(38)56)46-32-28(41)13-19(16-45-32)39(42,43)44)15-26-23(31(38)17-2-1-3-22(49)12-17)10-11-25-30(26)35(53)47(33(25)51)21-8-9-24(36(54)55)29(50)14-21/h1-10,12-14,16,25-27,30-31,49-50H,11,15H2,(H,45,46)(H,54,55). The van der Waals surface area contributed by atoms with Crippen molar-refractivity contribution in [2.45, 2.75) is 30.4 Å². The highest BCUT2D eigenvalue weighted by molar-refractivity contribution is 6.33. The van der Waals surface area contributed by atoms with Crippen molar-refractivity contribution in [2.24, 2.45) is 23.7 Å². The molecule has 6 unspecified atom stereocenters. The lowest BCUT2D eigenvalue weighted by atomic mass is 9.49. The molecule has 2 aliphatic carbocycles. The van der Waals surface area contributed by atoms with Crippen LogP contribution in [0.5, 0.6) is 11.5 Å². The number of aromatic carboxylic acids is 1. The number of nitrogens with one attached hydrogen (secondary N) is 1. The van der Waals surface area contributed by atoms with Gasteiger partial charge in [0.05, 0.1) is 39.4 Å². The Hall–Kier alpha value is -5.93. The first-order valence-corrected chi connectivity index (χ1v) is 17.9. The SMILES string of the molecule is O=C(O)c1ccc(N2C(=O)C3CC=C4C(CC5C(=O)N(Nc6ncc(C(F)(F)F)cc6Cl)C(=O)C5(c5ccc(Cl)cc5)C4c4cccc(O)c4)C3C2=O)cc1O. The van der Waals surface area contributed by atoms with E-state index in [0.29, 0.717) is 39.0 Å². The summed E-state index contributed by atoms with van der Waals surface area (Å²) in [7, 11) is 0. The van der Waals surface area contributed by atoms with Crippen LogP contribution in [0.1, 0.15) is 45.8 Å². The number of amides is 4. The topological polar surface area (TPSA) is 177 Å². The zero-order valence-electron chi connectivity index (χ0n) is 28.5. The van der Waals surface area contributed by atoms with Gasteiger partial charge in [0, 0.05) is 23.2 Å². The predicted octanol–water partition coefficient (Wildman–Crippen LogP) is 6.71. The number of hydrogen-bond donors (Lipinski definition) is 4. The lowest BCUT2D eigenvalue weighted by molar-refractivity contribution is -0.139. The van der Waals surface area contributed by atoms with E-state index < -0.39 is 98.5 Å². The molecular formula is C39H27Cl2F3N4O8. The van der Waals surface area contributed by atoms with Gasteiger partial charge in [0.15, 0.2) is 5.82 Å². The lowest BCUT2D eigenvalue weighted by Gasteiger charge is -2.50. The Morgan fingerprint density at radius 3 is 2.29 bits per heavy atom. The summed E-state index contributed by atoms with van der Waals surface area (Å²) < 4.78 is 40.4. The van der Waals surface area contributed by atoms with Gasteiger partial charge in [-0.1, -0.05) is 59.1 Å². The zero-order chi connectivity index (χ0) is 40.0. The van der Waals surface area contributed by atoms with E-state index in [2.05, 4.69) is 10.4 Å². The number of phenols is 2. The number of carbonyl (C=O) groups excluding carboxylic acids is 4. The number of phenolic OH excluding ortho intramolecular Hbond substituents is 1. The Morgan fingerprint density at radius 2 is 1.64 bits per heavy atom. The summed E-state index contributed by atoms with van der Waals surface area (Å²) in [4.78, 5) is 74.6. The van der Waals surface area contributed by atoms with E-state index in [-0.39, 0.29) is 24.3 Å². The molecule has 56 heavy (non-hydrogen) atoms. The maximum Gasteiger partial charge on any atom is 0.417 e. The number of allylic oxidation sites excluding steroid dienone is 2. The number of hydrogen-bond acceptors (Lipinski definition) is 9. The molecule has 0 spiro atoms. The molecule has 8 rings (SSSR count). The van der Waals surface area contributed by atoms with Crippen LogP contribution in [-0.2, 0) is 30.8 Å². The summed E-state index contributed by atoms with van der Waals surface area (Å²) in [6, 6.07) is 16.2. The fourth-order valence-electron chi connectivity index (χ4n) is 8.96. The Balaban J connectivity index is 1.28. The van der Waals surface area contributed by atoms with E-state index in [4.69, 9.17) is 23.2 Å². The molecule has 17 heteroatoms. The van der Waals surface area contributed by atoms with E-state index >= 15 is 4.79 Å². The van der Waals surface area contributed by atoms with Gasteiger partial charge in [0.1, 0.15) is 17.1 Å². The number of benzene rings is 3. The van der Waals surface area contributed by atoms with E-state index in [0.717, 1.165) is 17.0 Å². The Morgan fingerprint density at radius 1 is 0.911 bits per heavy atom. The maximum absolute atomic E-state index is 15.2. The van der Waals surface area contributed by atoms with Gasteiger partial charge in [-0.3, -0.25) is 24.6 Å². The number of anilines is 2. The van der Waals surface area contributed by atoms with Crippen LogP contribution in [0.25, 0.3) is 0 Å². The number of carbonyl (C=O) groups is 5. The van der Waals surface area contributed by atoms with Gasteiger partial charge >= 0.3 is 12.1 Å². The molecular weight excluding hydrogens is 780 g/mol. The molecule has 1 saturated carbocycles. The summed E-state index contributed by atoms with van der Waals surface area (Å²) in [6.45, 7) is 0. The molecule has 2 aliphatic heterocycles. The summed E-state index contributed by atoms with van der Waals surface area (Å²) in [6.07, 6.45) is -2.65. The van der Waals surface area contributed by atoms with E-state index in [1.54, 1.807) is 30.3 Å². The van der Waals surface area contributed by atoms with E-state index in [1.807, 2.05) is 0 Å². The number of nitrogens with zero attached hydrogens (tertiary/aromatic N) is 3. The number of imide groups is 2. The highest BCUT2D eigenvalue weighted by Gasteiger charge is 2.70. The number of pyridine rings is 1. The molecule has 4 N–H and O–H groups in total. The van der Waals surface area contributed by atoms with Gasteiger partial charge in [-0.25, -0.2) is 14.7 Å². The fourth-order valence-corrected chi connectivity index (χ4v) is 9.29. The molecule has 2 saturated heterocycles. The molecule has 12 nitrogen and oxygen atoms in total.